The van der Waals surface area contributed by atoms with Gasteiger partial charge in [0.05, 0.1) is 12.8 Å². The molecule has 0 saturated carbocycles. The van der Waals surface area contributed by atoms with Gasteiger partial charge in [-0.3, -0.25) is 9.59 Å². The summed E-state index contributed by atoms with van der Waals surface area (Å²) >= 11 is 12.0. The van der Waals surface area contributed by atoms with Crippen LogP contribution in [0, 0.1) is 6.92 Å². The Kier molecular flexibility index (Phi) is 10.8. The van der Waals surface area contributed by atoms with Crippen molar-refractivity contribution in [1.29, 1.82) is 0 Å². The second-order valence-electron chi connectivity index (χ2n) is 8.16. The topological polar surface area (TPSA) is 89.0 Å². The van der Waals surface area contributed by atoms with Gasteiger partial charge >= 0.3 is 0 Å². The van der Waals surface area contributed by atoms with Gasteiger partial charge in [-0.25, -0.2) is 5.43 Å². The van der Waals surface area contributed by atoms with Gasteiger partial charge in [0.25, 0.3) is 0 Å². The second kappa shape index (κ2) is 14.3. The minimum Gasteiger partial charge on any atom is -0.490 e. The summed E-state index contributed by atoms with van der Waals surface area (Å²) in [6, 6.07) is 18.2. The number of ether oxygens (including phenoxy) is 2. The molecule has 0 aliphatic heterocycles. The summed E-state index contributed by atoms with van der Waals surface area (Å²) < 4.78 is 11.6. The summed E-state index contributed by atoms with van der Waals surface area (Å²) in [6.45, 7) is 4.57. The number of benzene rings is 3. The molecule has 2 N–H and O–H groups in total. The molecule has 0 radical (unpaired) electrons. The summed E-state index contributed by atoms with van der Waals surface area (Å²) in [5.41, 5.74) is 5.68. The van der Waals surface area contributed by atoms with Gasteiger partial charge in [-0.05, 0) is 79.4 Å². The van der Waals surface area contributed by atoms with Crippen molar-refractivity contribution in [2.75, 3.05) is 11.9 Å². The number of hydrazone groups is 1. The number of amides is 2. The van der Waals surface area contributed by atoms with Crippen LogP contribution in [0.15, 0.2) is 65.8 Å². The van der Waals surface area contributed by atoms with Crippen LogP contribution in [0.4, 0.5) is 5.69 Å². The lowest BCUT2D eigenvalue weighted by molar-refractivity contribution is -0.121. The summed E-state index contributed by atoms with van der Waals surface area (Å²) in [5, 5.41) is 8.09. The quantitative estimate of drug-likeness (QED) is 0.201. The van der Waals surface area contributed by atoms with Gasteiger partial charge in [-0.1, -0.05) is 41.4 Å². The number of halogens is 2. The number of carbonyl (C=O) groups is 2. The van der Waals surface area contributed by atoms with Gasteiger partial charge in [-0.15, -0.1) is 0 Å². The molecule has 0 spiro atoms. The van der Waals surface area contributed by atoms with Crippen LogP contribution in [0.3, 0.4) is 0 Å². The highest BCUT2D eigenvalue weighted by atomic mass is 35.5. The molecular weight excluding hydrogens is 513 g/mol. The Morgan fingerprint density at radius 1 is 0.946 bits per heavy atom. The average molecular weight is 542 g/mol. The Morgan fingerprint density at radius 3 is 2.46 bits per heavy atom. The summed E-state index contributed by atoms with van der Waals surface area (Å²) in [4.78, 5) is 24.3. The molecule has 0 bridgehead atoms. The van der Waals surface area contributed by atoms with Crippen molar-refractivity contribution < 1.29 is 19.1 Å². The van der Waals surface area contributed by atoms with Gasteiger partial charge in [-0.2, -0.15) is 5.10 Å². The van der Waals surface area contributed by atoms with E-state index in [1.807, 2.05) is 44.2 Å². The fourth-order valence-corrected chi connectivity index (χ4v) is 3.63. The second-order valence-corrected chi connectivity index (χ2v) is 9.01. The Morgan fingerprint density at radius 2 is 1.70 bits per heavy atom. The number of anilines is 1. The molecule has 0 saturated heterocycles. The fourth-order valence-electron chi connectivity index (χ4n) is 3.33. The Hall–Kier alpha value is -3.55. The summed E-state index contributed by atoms with van der Waals surface area (Å²) in [5.74, 6) is 0.719. The Bertz CT molecular complexity index is 1250. The van der Waals surface area contributed by atoms with Crippen LogP contribution in [-0.2, 0) is 16.2 Å². The van der Waals surface area contributed by atoms with E-state index in [2.05, 4.69) is 15.8 Å². The number of nitrogens with one attached hydrogen (secondary N) is 2. The lowest BCUT2D eigenvalue weighted by Gasteiger charge is -2.12. The van der Waals surface area contributed by atoms with Crippen molar-refractivity contribution in [3.63, 3.8) is 0 Å². The predicted octanol–water partition coefficient (Wildman–Crippen LogP) is 6.54. The molecule has 194 valence electrons. The van der Waals surface area contributed by atoms with Crippen LogP contribution in [0.1, 0.15) is 42.9 Å². The van der Waals surface area contributed by atoms with Crippen molar-refractivity contribution in [3.05, 3.63) is 87.4 Å². The van der Waals surface area contributed by atoms with Crippen LogP contribution in [0.2, 0.25) is 10.0 Å². The largest absolute Gasteiger partial charge is 0.490 e. The van der Waals surface area contributed by atoms with Crippen LogP contribution < -0.4 is 20.2 Å². The molecule has 0 aliphatic rings. The minimum absolute atomic E-state index is 0.168. The highest BCUT2D eigenvalue weighted by Gasteiger charge is 2.09. The highest BCUT2D eigenvalue weighted by molar-refractivity contribution is 6.31. The Labute approximate surface area is 226 Å². The van der Waals surface area contributed by atoms with Gasteiger partial charge in [0.1, 0.15) is 6.61 Å². The van der Waals surface area contributed by atoms with Crippen LogP contribution in [0.5, 0.6) is 11.5 Å². The third-order valence-corrected chi connectivity index (χ3v) is 5.99. The fraction of sp³-hybridized carbons (Fsp3) is 0.250. The van der Waals surface area contributed by atoms with E-state index in [1.54, 1.807) is 30.3 Å². The molecule has 0 aliphatic carbocycles. The van der Waals surface area contributed by atoms with Crippen molar-refractivity contribution >= 4 is 46.9 Å². The van der Waals surface area contributed by atoms with E-state index in [1.165, 1.54) is 6.21 Å². The molecule has 0 unspecified atom stereocenters. The molecule has 3 rings (SSSR count). The van der Waals surface area contributed by atoms with Gasteiger partial charge in [0.2, 0.25) is 11.8 Å². The molecule has 7 nitrogen and oxygen atoms in total. The van der Waals surface area contributed by atoms with Crippen LogP contribution >= 0.6 is 23.2 Å². The first-order chi connectivity index (χ1) is 17.9. The lowest BCUT2D eigenvalue weighted by atomic mass is 10.2. The van der Waals surface area contributed by atoms with E-state index in [4.69, 9.17) is 32.7 Å². The zero-order chi connectivity index (χ0) is 26.6. The third-order valence-electron chi connectivity index (χ3n) is 5.33. The Balaban J connectivity index is 1.45. The van der Waals surface area contributed by atoms with Crippen molar-refractivity contribution in [3.8, 4) is 11.5 Å². The van der Waals surface area contributed by atoms with Crippen molar-refractivity contribution in [1.82, 2.24) is 5.43 Å². The molecule has 3 aromatic carbocycles. The predicted molar refractivity (Wildman–Crippen MR) is 148 cm³/mol. The molecule has 0 atom stereocenters. The van der Waals surface area contributed by atoms with Gasteiger partial charge < -0.3 is 14.8 Å². The number of carbonyl (C=O) groups excluding carboxylic acids is 2. The number of hydrogen-bond acceptors (Lipinski definition) is 5. The maximum absolute atomic E-state index is 12.2. The van der Waals surface area contributed by atoms with Crippen molar-refractivity contribution in [2.24, 2.45) is 5.10 Å². The molecule has 2 amide bonds. The number of nitrogens with zero attached hydrogens (tertiary/aromatic N) is 1. The third kappa shape index (κ3) is 9.12. The van der Waals surface area contributed by atoms with Gasteiger partial charge in [0.15, 0.2) is 11.5 Å². The van der Waals surface area contributed by atoms with Gasteiger partial charge in [0, 0.05) is 28.6 Å². The normalized spacial score (nSPS) is 10.8. The van der Waals surface area contributed by atoms with E-state index in [9.17, 15) is 9.59 Å². The minimum atomic E-state index is -0.282. The average Bonchev–Trinajstić information content (AvgIpc) is 2.87. The van der Waals surface area contributed by atoms with E-state index in [0.29, 0.717) is 46.9 Å². The van der Waals surface area contributed by atoms with Crippen LogP contribution in [-0.4, -0.2) is 24.6 Å². The summed E-state index contributed by atoms with van der Waals surface area (Å²) in [6.07, 6.45) is 2.29. The number of hydrogen-bond donors (Lipinski definition) is 2. The standard InChI is InChI=1S/C28H29Cl2N3O4/c1-3-36-26-16-21(12-15-25(26)37-18-20-10-13-22(29)14-11-20)17-31-33-28(35)9-5-8-27(34)32-24-7-4-6-23(30)19(24)2/h4,6-7,10-17H,3,5,8-9,18H2,1-2H3,(H,32,34)(H,33,35)/b31-17-. The first-order valence-corrected chi connectivity index (χ1v) is 12.6. The van der Waals surface area contributed by atoms with E-state index in [-0.39, 0.29) is 24.7 Å². The number of rotatable bonds is 12. The van der Waals surface area contributed by atoms with E-state index >= 15 is 0 Å². The highest BCUT2D eigenvalue weighted by Crippen LogP contribution is 2.29. The molecular formula is C28H29Cl2N3O4. The maximum atomic E-state index is 12.2. The lowest BCUT2D eigenvalue weighted by Crippen LogP contribution is -2.18. The zero-order valence-electron chi connectivity index (χ0n) is 20.7. The SMILES string of the molecule is CCOc1cc(/C=N\NC(=O)CCCC(=O)Nc2cccc(Cl)c2C)ccc1OCc1ccc(Cl)cc1. The maximum Gasteiger partial charge on any atom is 0.240 e. The van der Waals surface area contributed by atoms with Crippen molar-refractivity contribution in [2.45, 2.75) is 39.7 Å². The first kappa shape index (κ1) is 28.0. The molecule has 3 aromatic rings. The smallest absolute Gasteiger partial charge is 0.240 e. The van der Waals surface area contributed by atoms with E-state index in [0.717, 1.165) is 16.7 Å². The summed E-state index contributed by atoms with van der Waals surface area (Å²) in [7, 11) is 0. The molecule has 9 heteroatoms. The molecule has 0 heterocycles. The molecule has 37 heavy (non-hydrogen) atoms. The zero-order valence-corrected chi connectivity index (χ0v) is 22.2. The first-order valence-electron chi connectivity index (χ1n) is 11.9. The monoisotopic (exact) mass is 541 g/mol. The van der Waals surface area contributed by atoms with Crippen LogP contribution in [0.25, 0.3) is 0 Å². The molecule has 0 fully saturated rings. The molecule has 0 aromatic heterocycles. The van der Waals surface area contributed by atoms with E-state index < -0.39 is 0 Å².